The molecule has 0 aliphatic carbocycles. The Labute approximate surface area is 130 Å². The molecule has 6 nitrogen and oxygen atoms in total. The van der Waals surface area contributed by atoms with Crippen molar-refractivity contribution in [3.05, 3.63) is 50.2 Å². The minimum absolute atomic E-state index is 0.0308. The lowest BCUT2D eigenvalue weighted by Gasteiger charge is -2.15. The molecule has 2 aromatic heterocycles. The van der Waals surface area contributed by atoms with Crippen LogP contribution in [0, 0.1) is 0 Å². The summed E-state index contributed by atoms with van der Waals surface area (Å²) < 4.78 is 10.3. The Morgan fingerprint density at radius 1 is 1.50 bits per heavy atom. The summed E-state index contributed by atoms with van der Waals surface area (Å²) in [6.45, 7) is 1.46. The van der Waals surface area contributed by atoms with Crippen molar-refractivity contribution in [2.75, 3.05) is 6.61 Å². The van der Waals surface area contributed by atoms with Gasteiger partial charge in [-0.2, -0.15) is 0 Å². The SMILES string of the molecule is CCOC(=O)C[C@H](c1cccs1)c1oc(CO)cc(=O)c1O. The van der Waals surface area contributed by atoms with E-state index in [1.807, 2.05) is 5.38 Å². The van der Waals surface area contributed by atoms with Gasteiger partial charge in [-0.15, -0.1) is 11.3 Å². The molecule has 118 valence electrons. The molecule has 0 radical (unpaired) electrons. The van der Waals surface area contributed by atoms with Crippen LogP contribution in [0.15, 0.2) is 32.8 Å². The lowest BCUT2D eigenvalue weighted by Crippen LogP contribution is -2.14. The smallest absolute Gasteiger partial charge is 0.306 e. The highest BCUT2D eigenvalue weighted by atomic mass is 32.1. The van der Waals surface area contributed by atoms with Gasteiger partial charge in [0.1, 0.15) is 12.4 Å². The lowest BCUT2D eigenvalue weighted by atomic mass is 9.99. The van der Waals surface area contributed by atoms with Crippen LogP contribution in [-0.2, 0) is 16.1 Å². The van der Waals surface area contributed by atoms with Gasteiger partial charge in [0.15, 0.2) is 5.76 Å². The predicted molar refractivity (Wildman–Crippen MR) is 80.0 cm³/mol. The largest absolute Gasteiger partial charge is 0.502 e. The number of hydrogen-bond acceptors (Lipinski definition) is 7. The second-order valence-corrected chi connectivity index (χ2v) is 5.50. The van der Waals surface area contributed by atoms with E-state index in [9.17, 15) is 14.7 Å². The molecule has 0 aromatic carbocycles. The Bertz CT molecular complexity index is 689. The molecular formula is C15H16O6S. The summed E-state index contributed by atoms with van der Waals surface area (Å²) in [5.41, 5.74) is -0.657. The van der Waals surface area contributed by atoms with Gasteiger partial charge >= 0.3 is 5.97 Å². The summed E-state index contributed by atoms with van der Waals surface area (Å²) in [5.74, 6) is -1.66. The maximum Gasteiger partial charge on any atom is 0.306 e. The minimum atomic E-state index is -0.657. The van der Waals surface area contributed by atoms with Crippen molar-refractivity contribution in [2.24, 2.45) is 0 Å². The van der Waals surface area contributed by atoms with Gasteiger partial charge in [-0.05, 0) is 18.4 Å². The maximum absolute atomic E-state index is 11.8. The summed E-state index contributed by atoms with van der Waals surface area (Å²) >= 11 is 1.37. The van der Waals surface area contributed by atoms with Gasteiger partial charge in [-0.1, -0.05) is 6.07 Å². The van der Waals surface area contributed by atoms with E-state index in [2.05, 4.69) is 0 Å². The first kappa shape index (κ1) is 16.3. The quantitative estimate of drug-likeness (QED) is 0.789. The number of carbonyl (C=O) groups excluding carboxylic acids is 1. The molecule has 0 saturated heterocycles. The Kier molecular flexibility index (Phi) is 5.35. The monoisotopic (exact) mass is 324 g/mol. The second kappa shape index (κ2) is 7.24. The number of ether oxygens (including phenoxy) is 1. The number of aliphatic hydroxyl groups is 1. The molecule has 0 amide bonds. The van der Waals surface area contributed by atoms with Gasteiger partial charge in [0.2, 0.25) is 11.2 Å². The van der Waals surface area contributed by atoms with E-state index in [0.29, 0.717) is 0 Å². The third kappa shape index (κ3) is 3.55. The van der Waals surface area contributed by atoms with Crippen molar-refractivity contribution >= 4 is 17.3 Å². The van der Waals surface area contributed by atoms with Crippen molar-refractivity contribution < 1.29 is 24.2 Å². The summed E-state index contributed by atoms with van der Waals surface area (Å²) in [5, 5.41) is 21.0. The van der Waals surface area contributed by atoms with E-state index in [1.54, 1.807) is 19.1 Å². The summed E-state index contributed by atoms with van der Waals surface area (Å²) in [6, 6.07) is 4.59. The molecule has 0 fully saturated rings. The van der Waals surface area contributed by atoms with Crippen molar-refractivity contribution in [3.63, 3.8) is 0 Å². The molecule has 2 heterocycles. The van der Waals surface area contributed by atoms with Crippen molar-refractivity contribution in [3.8, 4) is 5.75 Å². The van der Waals surface area contributed by atoms with E-state index in [0.717, 1.165) is 10.9 Å². The lowest BCUT2D eigenvalue weighted by molar-refractivity contribution is -0.143. The van der Waals surface area contributed by atoms with Crippen molar-refractivity contribution in [2.45, 2.75) is 25.9 Å². The molecule has 0 spiro atoms. The van der Waals surface area contributed by atoms with Gasteiger partial charge in [-0.25, -0.2) is 0 Å². The zero-order valence-electron chi connectivity index (χ0n) is 11.9. The zero-order chi connectivity index (χ0) is 16.1. The van der Waals surface area contributed by atoms with E-state index in [4.69, 9.17) is 14.3 Å². The van der Waals surface area contributed by atoms with Crippen LogP contribution in [0.2, 0.25) is 0 Å². The van der Waals surface area contributed by atoms with Crippen molar-refractivity contribution in [1.29, 1.82) is 0 Å². The van der Waals surface area contributed by atoms with Gasteiger partial charge in [0, 0.05) is 10.9 Å². The molecule has 0 aliphatic heterocycles. The van der Waals surface area contributed by atoms with Gasteiger partial charge in [0.25, 0.3) is 0 Å². The third-order valence-electron chi connectivity index (χ3n) is 3.03. The number of carbonyl (C=O) groups is 1. The average Bonchev–Trinajstić information content (AvgIpc) is 3.02. The van der Waals surface area contributed by atoms with Crippen LogP contribution in [0.3, 0.4) is 0 Å². The molecule has 0 unspecified atom stereocenters. The third-order valence-corrected chi connectivity index (χ3v) is 4.02. The topological polar surface area (TPSA) is 97.0 Å². The van der Waals surface area contributed by atoms with Crippen LogP contribution in [0.1, 0.15) is 35.7 Å². The highest BCUT2D eigenvalue weighted by Gasteiger charge is 2.27. The summed E-state index contributed by atoms with van der Waals surface area (Å²) in [4.78, 5) is 24.3. The Balaban J connectivity index is 2.47. The fraction of sp³-hybridized carbons (Fsp3) is 0.333. The fourth-order valence-corrected chi connectivity index (χ4v) is 2.89. The van der Waals surface area contributed by atoms with E-state index >= 15 is 0 Å². The molecule has 2 aromatic rings. The first-order chi connectivity index (χ1) is 10.6. The number of thiophene rings is 1. The normalized spacial score (nSPS) is 12.1. The van der Waals surface area contributed by atoms with Crippen LogP contribution in [0.4, 0.5) is 0 Å². The molecule has 2 rings (SSSR count). The van der Waals surface area contributed by atoms with Crippen molar-refractivity contribution in [1.82, 2.24) is 0 Å². The molecule has 22 heavy (non-hydrogen) atoms. The van der Waals surface area contributed by atoms with Crippen LogP contribution < -0.4 is 5.43 Å². The molecule has 2 N–H and O–H groups in total. The molecule has 0 aliphatic rings. The number of esters is 1. The second-order valence-electron chi connectivity index (χ2n) is 4.53. The first-order valence-electron chi connectivity index (χ1n) is 6.72. The standard InChI is InChI=1S/C15H16O6S/c1-2-20-13(18)7-10(12-4-3-5-22-12)15-14(19)11(17)6-9(8-16)21-15/h3-6,10,16,19H,2,7-8H2,1H3/t10-/m1/s1. The van der Waals surface area contributed by atoms with Crippen LogP contribution >= 0.6 is 11.3 Å². The highest BCUT2D eigenvalue weighted by molar-refractivity contribution is 7.10. The van der Waals surface area contributed by atoms with E-state index in [1.165, 1.54) is 11.3 Å². The van der Waals surface area contributed by atoms with Crippen LogP contribution in [-0.4, -0.2) is 22.8 Å². The summed E-state index contributed by atoms with van der Waals surface area (Å²) in [6.07, 6.45) is -0.0697. The summed E-state index contributed by atoms with van der Waals surface area (Å²) in [7, 11) is 0. The Morgan fingerprint density at radius 3 is 2.86 bits per heavy atom. The maximum atomic E-state index is 11.8. The fourth-order valence-electron chi connectivity index (χ4n) is 2.07. The Morgan fingerprint density at radius 2 is 2.27 bits per heavy atom. The number of rotatable bonds is 6. The highest BCUT2D eigenvalue weighted by Crippen LogP contribution is 2.35. The average molecular weight is 324 g/mol. The predicted octanol–water partition coefficient (Wildman–Crippen LogP) is 1.98. The van der Waals surface area contributed by atoms with Gasteiger partial charge in [-0.3, -0.25) is 9.59 Å². The molecular weight excluding hydrogens is 308 g/mol. The van der Waals surface area contributed by atoms with Gasteiger partial charge < -0.3 is 19.4 Å². The minimum Gasteiger partial charge on any atom is -0.502 e. The molecule has 0 bridgehead atoms. The van der Waals surface area contributed by atoms with Crippen LogP contribution in [0.5, 0.6) is 5.75 Å². The Hall–Kier alpha value is -2.12. The number of aromatic hydroxyl groups is 1. The molecule has 1 atom stereocenters. The molecule has 0 saturated carbocycles. The number of aliphatic hydroxyl groups excluding tert-OH is 1. The zero-order valence-corrected chi connectivity index (χ0v) is 12.8. The van der Waals surface area contributed by atoms with Crippen LogP contribution in [0.25, 0.3) is 0 Å². The van der Waals surface area contributed by atoms with E-state index < -0.39 is 29.7 Å². The first-order valence-corrected chi connectivity index (χ1v) is 7.60. The van der Waals surface area contributed by atoms with E-state index in [-0.39, 0.29) is 24.5 Å². The number of hydrogen-bond donors (Lipinski definition) is 2. The van der Waals surface area contributed by atoms with Gasteiger partial charge in [0.05, 0.1) is 18.9 Å². The molecule has 7 heteroatoms.